The van der Waals surface area contributed by atoms with Gasteiger partial charge in [0, 0.05) is 21.5 Å². The summed E-state index contributed by atoms with van der Waals surface area (Å²) in [5, 5.41) is 11.6. The second kappa shape index (κ2) is 2.98. The fourth-order valence-electron chi connectivity index (χ4n) is 1.15. The maximum atomic E-state index is 13.0. The summed E-state index contributed by atoms with van der Waals surface area (Å²) in [7, 11) is 0. The molecule has 0 atom stereocenters. The zero-order valence-electron chi connectivity index (χ0n) is 6.66. The average Bonchev–Trinajstić information content (AvgIpc) is 2.46. The van der Waals surface area contributed by atoms with Crippen LogP contribution >= 0.6 is 11.3 Å². The topological polar surface area (TPSA) is 43.1 Å². The van der Waals surface area contributed by atoms with Gasteiger partial charge in [-0.3, -0.25) is 10.1 Å². The van der Waals surface area contributed by atoms with Crippen molar-refractivity contribution in [3.05, 3.63) is 39.3 Å². The largest absolute Gasteiger partial charge is 0.305 e. The van der Waals surface area contributed by atoms with Crippen LogP contribution in [0.5, 0.6) is 0 Å². The molecule has 14 heavy (non-hydrogen) atoms. The Balaban J connectivity index is 2.80. The van der Waals surface area contributed by atoms with Crippen LogP contribution in [0.1, 0.15) is 0 Å². The first-order valence-corrected chi connectivity index (χ1v) is 4.48. The quantitative estimate of drug-likeness (QED) is 0.542. The zero-order valence-corrected chi connectivity index (χ0v) is 7.48. The minimum absolute atomic E-state index is 0.0862. The standard InChI is InChI=1S/C8H3F2NO2S/c9-5-2-8-4(6(10)3-14-8)1-7(5)11(12)13/h1-3H. The highest BCUT2D eigenvalue weighted by Gasteiger charge is 2.17. The summed E-state index contributed by atoms with van der Waals surface area (Å²) in [4.78, 5) is 9.48. The summed E-state index contributed by atoms with van der Waals surface area (Å²) in [5.74, 6) is -1.50. The lowest BCUT2D eigenvalue weighted by atomic mass is 10.2. The maximum Gasteiger partial charge on any atom is 0.305 e. The van der Waals surface area contributed by atoms with Crippen molar-refractivity contribution < 1.29 is 13.7 Å². The van der Waals surface area contributed by atoms with Crippen LogP contribution < -0.4 is 0 Å². The zero-order chi connectivity index (χ0) is 10.3. The molecule has 0 aliphatic heterocycles. The van der Waals surface area contributed by atoms with Crippen molar-refractivity contribution in [2.45, 2.75) is 0 Å². The van der Waals surface area contributed by atoms with Crippen molar-refractivity contribution in [1.82, 2.24) is 0 Å². The van der Waals surface area contributed by atoms with Gasteiger partial charge in [-0.2, -0.15) is 4.39 Å². The van der Waals surface area contributed by atoms with Gasteiger partial charge >= 0.3 is 5.69 Å². The predicted octanol–water partition coefficient (Wildman–Crippen LogP) is 3.09. The van der Waals surface area contributed by atoms with Gasteiger partial charge < -0.3 is 0 Å². The first kappa shape index (κ1) is 9.01. The fourth-order valence-corrected chi connectivity index (χ4v) is 1.96. The average molecular weight is 215 g/mol. The minimum atomic E-state index is -0.940. The summed E-state index contributed by atoms with van der Waals surface area (Å²) in [6.45, 7) is 0. The third kappa shape index (κ3) is 1.24. The van der Waals surface area contributed by atoms with E-state index in [1.165, 1.54) is 5.38 Å². The van der Waals surface area contributed by atoms with Gasteiger partial charge in [0.1, 0.15) is 5.82 Å². The molecule has 0 saturated heterocycles. The van der Waals surface area contributed by atoms with E-state index in [1.54, 1.807) is 0 Å². The van der Waals surface area contributed by atoms with E-state index in [9.17, 15) is 18.9 Å². The molecule has 0 spiro atoms. The first-order chi connectivity index (χ1) is 6.59. The second-order valence-electron chi connectivity index (χ2n) is 2.64. The van der Waals surface area contributed by atoms with Crippen LogP contribution in [0.2, 0.25) is 0 Å². The number of thiophene rings is 1. The molecular weight excluding hydrogens is 212 g/mol. The van der Waals surface area contributed by atoms with Gasteiger partial charge in [0.25, 0.3) is 0 Å². The monoisotopic (exact) mass is 215 g/mol. The molecule has 0 radical (unpaired) electrons. The summed E-state index contributed by atoms with van der Waals surface area (Å²) >= 11 is 1.01. The number of hydrogen-bond acceptors (Lipinski definition) is 3. The van der Waals surface area contributed by atoms with Gasteiger partial charge in [-0.1, -0.05) is 0 Å². The van der Waals surface area contributed by atoms with Crippen LogP contribution in [-0.2, 0) is 0 Å². The molecule has 0 fully saturated rings. The molecule has 1 heterocycles. The molecule has 2 rings (SSSR count). The highest BCUT2D eigenvalue weighted by molar-refractivity contribution is 7.17. The maximum absolute atomic E-state index is 13.0. The van der Waals surface area contributed by atoms with E-state index in [0.29, 0.717) is 4.70 Å². The minimum Gasteiger partial charge on any atom is -0.258 e. The Hall–Kier alpha value is -1.56. The normalized spacial score (nSPS) is 10.7. The lowest BCUT2D eigenvalue weighted by molar-refractivity contribution is -0.387. The van der Waals surface area contributed by atoms with Gasteiger partial charge in [0.05, 0.1) is 4.92 Å². The van der Waals surface area contributed by atoms with Crippen molar-refractivity contribution in [3.8, 4) is 0 Å². The van der Waals surface area contributed by atoms with E-state index in [2.05, 4.69) is 0 Å². The van der Waals surface area contributed by atoms with Crippen LogP contribution in [0.4, 0.5) is 14.5 Å². The van der Waals surface area contributed by atoms with Crippen molar-refractivity contribution in [3.63, 3.8) is 0 Å². The van der Waals surface area contributed by atoms with Gasteiger partial charge in [0.2, 0.25) is 5.82 Å². The van der Waals surface area contributed by atoms with Crippen LogP contribution in [0.25, 0.3) is 10.1 Å². The predicted molar refractivity (Wildman–Crippen MR) is 48.4 cm³/mol. The molecular formula is C8H3F2NO2S. The number of hydrogen-bond donors (Lipinski definition) is 0. The summed E-state index contributed by atoms with van der Waals surface area (Å²) in [5.41, 5.74) is -0.699. The molecule has 1 aromatic carbocycles. The Bertz CT molecular complexity index is 523. The van der Waals surface area contributed by atoms with E-state index < -0.39 is 22.2 Å². The van der Waals surface area contributed by atoms with Gasteiger partial charge in [-0.15, -0.1) is 11.3 Å². The number of fused-ring (bicyclic) bond motifs is 1. The van der Waals surface area contributed by atoms with E-state index >= 15 is 0 Å². The number of nitro benzene ring substituents is 1. The highest BCUT2D eigenvalue weighted by Crippen LogP contribution is 2.30. The Morgan fingerprint density at radius 1 is 1.29 bits per heavy atom. The lowest BCUT2D eigenvalue weighted by Gasteiger charge is -1.94. The Labute approximate surface area is 80.7 Å². The molecule has 1 aromatic heterocycles. The number of halogens is 2. The van der Waals surface area contributed by atoms with Crippen molar-refractivity contribution in [2.24, 2.45) is 0 Å². The summed E-state index contributed by atoms with van der Waals surface area (Å²) in [6.07, 6.45) is 0. The van der Waals surface area contributed by atoms with Crippen molar-refractivity contribution >= 4 is 27.1 Å². The fraction of sp³-hybridized carbons (Fsp3) is 0. The first-order valence-electron chi connectivity index (χ1n) is 3.60. The molecule has 0 saturated carbocycles. The van der Waals surface area contributed by atoms with E-state index in [-0.39, 0.29) is 5.39 Å². The van der Waals surface area contributed by atoms with Crippen molar-refractivity contribution in [2.75, 3.05) is 0 Å². The summed E-state index contributed by atoms with van der Waals surface area (Å²) in [6, 6.07) is 1.89. The highest BCUT2D eigenvalue weighted by atomic mass is 32.1. The molecule has 3 nitrogen and oxygen atoms in total. The third-order valence-electron chi connectivity index (χ3n) is 1.79. The Morgan fingerprint density at radius 2 is 2.00 bits per heavy atom. The van der Waals surface area contributed by atoms with E-state index in [1.807, 2.05) is 0 Å². The molecule has 2 aromatic rings. The van der Waals surface area contributed by atoms with Crippen LogP contribution in [0.3, 0.4) is 0 Å². The van der Waals surface area contributed by atoms with Crippen LogP contribution in [-0.4, -0.2) is 4.92 Å². The van der Waals surface area contributed by atoms with E-state index in [0.717, 1.165) is 23.5 Å². The number of nitrogens with zero attached hydrogens (tertiary/aromatic N) is 1. The van der Waals surface area contributed by atoms with Gasteiger partial charge in [0.15, 0.2) is 0 Å². The Kier molecular flexibility index (Phi) is 1.92. The molecule has 0 N–H and O–H groups in total. The molecule has 0 bridgehead atoms. The smallest absolute Gasteiger partial charge is 0.258 e. The SMILES string of the molecule is O=[N+]([O-])c1cc2c(F)csc2cc1F. The van der Waals surface area contributed by atoms with Gasteiger partial charge in [-0.05, 0) is 6.07 Å². The molecule has 0 aliphatic carbocycles. The number of rotatable bonds is 1. The molecule has 6 heteroatoms. The molecule has 0 amide bonds. The molecule has 0 unspecified atom stereocenters. The van der Waals surface area contributed by atoms with Crippen LogP contribution in [0.15, 0.2) is 17.5 Å². The number of nitro groups is 1. The lowest BCUT2D eigenvalue weighted by Crippen LogP contribution is -1.91. The Morgan fingerprint density at radius 3 is 2.64 bits per heavy atom. The van der Waals surface area contributed by atoms with Crippen molar-refractivity contribution in [1.29, 1.82) is 0 Å². The van der Waals surface area contributed by atoms with Gasteiger partial charge in [-0.25, -0.2) is 4.39 Å². The molecule has 0 aliphatic rings. The summed E-state index contributed by atoms with van der Waals surface area (Å²) < 4.78 is 26.4. The van der Waals surface area contributed by atoms with Crippen LogP contribution in [0, 0.1) is 21.7 Å². The molecule has 72 valence electrons. The van der Waals surface area contributed by atoms with E-state index in [4.69, 9.17) is 0 Å². The second-order valence-corrected chi connectivity index (χ2v) is 3.55. The number of benzene rings is 1. The third-order valence-corrected chi connectivity index (χ3v) is 2.71.